The second-order valence-electron chi connectivity index (χ2n) is 10.7. The summed E-state index contributed by atoms with van der Waals surface area (Å²) < 4.78 is 14.9. The van der Waals surface area contributed by atoms with Gasteiger partial charge in [-0.3, -0.25) is 39.4 Å². The second kappa shape index (κ2) is 19.3. The van der Waals surface area contributed by atoms with Crippen molar-refractivity contribution in [3.8, 4) is 0 Å². The van der Waals surface area contributed by atoms with Gasteiger partial charge in [-0.2, -0.15) is 0 Å². The minimum absolute atomic E-state index is 0.00356. The van der Waals surface area contributed by atoms with Gasteiger partial charge < -0.3 is 35.4 Å². The number of oxime groups is 1. The number of benzene rings is 2. The molecule has 0 radical (unpaired) electrons. The molecule has 4 amide bonds. The number of amides is 4. The van der Waals surface area contributed by atoms with Gasteiger partial charge in [-0.05, 0) is 35.4 Å². The molecule has 55 heavy (non-hydrogen) atoms. The van der Waals surface area contributed by atoms with Crippen LogP contribution in [0.2, 0.25) is 0 Å². The number of β-lactam (4-membered cyclic amide) rings is 1. The van der Waals surface area contributed by atoms with Crippen LogP contribution in [0.1, 0.15) is 16.8 Å². The molecular weight excluding hydrogens is 780 g/mol. The molecule has 0 spiro atoms. The van der Waals surface area contributed by atoms with Crippen LogP contribution in [-0.4, -0.2) is 99.1 Å². The van der Waals surface area contributed by atoms with Crippen LogP contribution in [0.3, 0.4) is 0 Å². The SMILES string of the molecule is NC(=O)OC[C@@H]1[C@H](NC(=O)C(=NOCC(=O)OCc2ccc([N+](=O)[O-])cc2)c2csc(NC(=O)CCl)n2)C(=O)N1OCC(=O)OCc1ccc([N+](=O)[O-])cc1. The van der Waals surface area contributed by atoms with Gasteiger partial charge in [0.25, 0.3) is 23.2 Å². The monoisotopic (exact) mass is 806 g/mol. The molecule has 25 heteroatoms. The summed E-state index contributed by atoms with van der Waals surface area (Å²) in [6.07, 6.45) is -1.24. The molecule has 4 N–H and O–H groups in total. The van der Waals surface area contributed by atoms with E-state index in [2.05, 4.69) is 20.8 Å². The van der Waals surface area contributed by atoms with Gasteiger partial charge in [-0.25, -0.2) is 24.4 Å². The van der Waals surface area contributed by atoms with Crippen LogP contribution in [0.25, 0.3) is 0 Å². The fourth-order valence-electron chi connectivity index (χ4n) is 4.28. The number of nitro benzene ring substituents is 2. The van der Waals surface area contributed by atoms with Gasteiger partial charge in [-0.15, -0.1) is 22.9 Å². The molecule has 290 valence electrons. The first-order valence-corrected chi connectivity index (χ1v) is 16.7. The zero-order valence-corrected chi connectivity index (χ0v) is 29.4. The summed E-state index contributed by atoms with van der Waals surface area (Å²) in [5.41, 5.74) is 4.79. The first kappa shape index (κ1) is 41.0. The number of rotatable bonds is 19. The lowest BCUT2D eigenvalue weighted by Gasteiger charge is -2.44. The van der Waals surface area contributed by atoms with E-state index in [1.54, 1.807) is 0 Å². The Morgan fingerprint density at radius 3 is 2.00 bits per heavy atom. The average Bonchev–Trinajstić information content (AvgIpc) is 3.62. The van der Waals surface area contributed by atoms with E-state index in [1.807, 2.05) is 0 Å². The zero-order valence-electron chi connectivity index (χ0n) is 27.8. The summed E-state index contributed by atoms with van der Waals surface area (Å²) in [6, 6.07) is 7.66. The Hall–Kier alpha value is -6.79. The number of thiazole rings is 1. The third kappa shape index (κ3) is 11.9. The lowest BCUT2D eigenvalue weighted by Crippen LogP contribution is -2.72. The number of anilines is 1. The average molecular weight is 807 g/mol. The summed E-state index contributed by atoms with van der Waals surface area (Å²) in [7, 11) is 0. The number of hydrogen-bond donors (Lipinski definition) is 3. The van der Waals surface area contributed by atoms with Crippen LogP contribution in [0.4, 0.5) is 21.3 Å². The van der Waals surface area contributed by atoms with E-state index in [-0.39, 0.29) is 35.4 Å². The number of nitrogens with two attached hydrogens (primary N) is 1. The Morgan fingerprint density at radius 1 is 0.909 bits per heavy atom. The number of nitro groups is 2. The molecule has 1 saturated heterocycles. The van der Waals surface area contributed by atoms with Crippen molar-refractivity contribution in [3.63, 3.8) is 0 Å². The maximum Gasteiger partial charge on any atom is 0.404 e. The van der Waals surface area contributed by atoms with Crippen molar-refractivity contribution in [1.29, 1.82) is 0 Å². The van der Waals surface area contributed by atoms with Gasteiger partial charge in [0.15, 0.2) is 17.5 Å². The minimum atomic E-state index is -1.46. The lowest BCUT2D eigenvalue weighted by molar-refractivity contribution is -0.385. The number of primary amides is 1. The number of aromatic nitrogens is 1. The molecule has 1 aliphatic heterocycles. The number of nitrogens with zero attached hydrogens (tertiary/aromatic N) is 5. The number of non-ortho nitro benzene ring substituents is 2. The Balaban J connectivity index is 1.40. The normalized spacial score (nSPS) is 14.9. The largest absolute Gasteiger partial charge is 0.459 e. The van der Waals surface area contributed by atoms with Crippen LogP contribution >= 0.6 is 22.9 Å². The first-order chi connectivity index (χ1) is 26.2. The van der Waals surface area contributed by atoms with Gasteiger partial charge in [0.05, 0.1) is 9.85 Å². The molecule has 1 aromatic heterocycles. The molecule has 2 atom stereocenters. The Morgan fingerprint density at radius 2 is 1.47 bits per heavy atom. The predicted octanol–water partition coefficient (Wildman–Crippen LogP) is 1.07. The molecule has 0 unspecified atom stereocenters. The van der Waals surface area contributed by atoms with E-state index in [0.717, 1.165) is 11.3 Å². The summed E-state index contributed by atoms with van der Waals surface area (Å²) in [5, 5.41) is 32.0. The lowest BCUT2D eigenvalue weighted by atomic mass is 9.98. The van der Waals surface area contributed by atoms with Crippen molar-refractivity contribution < 1.29 is 62.5 Å². The number of esters is 2. The number of carbonyl (C=O) groups is 6. The standard InChI is InChI=1S/C30H27ClN8O15S/c31-9-22(40)34-30-33-20(15-55-30)25(36-53-13-23(41)50-10-16-1-5-18(6-2-16)38(46)47)27(43)35-26-21(12-52-29(32)45)37(28(26)44)54-14-24(42)51-11-17-3-7-19(8-4-17)39(48)49/h1-8,15,21,26H,9-14H2,(H2,32,45)(H,35,43)(H,33,34,40)/t21-,26+/m1/s1. The molecule has 2 aromatic carbocycles. The van der Waals surface area contributed by atoms with Crippen molar-refractivity contribution in [3.05, 3.63) is 91.0 Å². The van der Waals surface area contributed by atoms with Crippen LogP contribution < -0.4 is 16.4 Å². The fourth-order valence-corrected chi connectivity index (χ4v) is 5.06. The number of halogens is 1. The van der Waals surface area contributed by atoms with Gasteiger partial charge in [-0.1, -0.05) is 5.16 Å². The summed E-state index contributed by atoms with van der Waals surface area (Å²) in [6.45, 7) is -2.82. The smallest absolute Gasteiger partial charge is 0.404 e. The molecule has 3 aromatic rings. The van der Waals surface area contributed by atoms with Crippen molar-refractivity contribution in [2.45, 2.75) is 25.3 Å². The van der Waals surface area contributed by atoms with E-state index in [9.17, 15) is 49.0 Å². The highest BCUT2D eigenvalue weighted by atomic mass is 35.5. The number of hydrogen-bond acceptors (Lipinski definition) is 18. The Labute approximate surface area is 316 Å². The number of alkyl halides is 1. The maximum absolute atomic E-state index is 13.5. The molecule has 4 rings (SSSR count). The molecule has 0 aliphatic carbocycles. The van der Waals surface area contributed by atoms with Crippen molar-refractivity contribution >= 4 is 80.9 Å². The number of hydroxylamine groups is 2. The summed E-state index contributed by atoms with van der Waals surface area (Å²) in [4.78, 5) is 109. The highest BCUT2D eigenvalue weighted by Gasteiger charge is 2.51. The predicted molar refractivity (Wildman–Crippen MR) is 184 cm³/mol. The molecule has 0 bridgehead atoms. The molecular formula is C30H27ClN8O15S. The maximum atomic E-state index is 13.5. The molecule has 1 fully saturated rings. The van der Waals surface area contributed by atoms with Crippen LogP contribution in [-0.2, 0) is 61.1 Å². The number of ether oxygens (including phenoxy) is 3. The second-order valence-corrected chi connectivity index (χ2v) is 11.8. The zero-order chi connectivity index (χ0) is 40.1. The Kier molecular flexibility index (Phi) is 14.4. The Bertz CT molecular complexity index is 1980. The van der Waals surface area contributed by atoms with E-state index in [0.29, 0.717) is 16.2 Å². The van der Waals surface area contributed by atoms with Gasteiger partial charge in [0, 0.05) is 29.6 Å². The van der Waals surface area contributed by atoms with Crippen LogP contribution in [0, 0.1) is 20.2 Å². The van der Waals surface area contributed by atoms with E-state index >= 15 is 0 Å². The fraction of sp³-hybridized carbons (Fsp3) is 0.267. The van der Waals surface area contributed by atoms with Crippen LogP contribution in [0.5, 0.6) is 0 Å². The topological polar surface area (TPSA) is 313 Å². The minimum Gasteiger partial charge on any atom is -0.459 e. The van der Waals surface area contributed by atoms with E-state index in [4.69, 9.17) is 41.2 Å². The number of nitrogens with one attached hydrogen (secondary N) is 2. The van der Waals surface area contributed by atoms with Gasteiger partial charge >= 0.3 is 18.0 Å². The summed E-state index contributed by atoms with van der Waals surface area (Å²) in [5.74, 6) is -4.96. The van der Waals surface area contributed by atoms with Crippen molar-refractivity contribution in [2.24, 2.45) is 10.9 Å². The van der Waals surface area contributed by atoms with Gasteiger partial charge in [0.1, 0.15) is 43.5 Å². The molecule has 23 nitrogen and oxygen atoms in total. The quantitative estimate of drug-likeness (QED) is 0.0290. The summed E-state index contributed by atoms with van der Waals surface area (Å²) >= 11 is 6.38. The van der Waals surface area contributed by atoms with Crippen molar-refractivity contribution in [2.75, 3.05) is 31.0 Å². The van der Waals surface area contributed by atoms with Crippen molar-refractivity contribution in [1.82, 2.24) is 15.4 Å². The molecule has 1 aliphatic rings. The van der Waals surface area contributed by atoms with Crippen LogP contribution in [0.15, 0.2) is 59.1 Å². The van der Waals surface area contributed by atoms with E-state index in [1.165, 1.54) is 53.9 Å². The third-order valence-corrected chi connectivity index (χ3v) is 7.94. The van der Waals surface area contributed by atoms with Gasteiger partial charge in [0.2, 0.25) is 12.5 Å². The third-order valence-electron chi connectivity index (χ3n) is 6.94. The molecule has 0 saturated carbocycles. The van der Waals surface area contributed by atoms with E-state index < -0.39 is 89.1 Å². The first-order valence-electron chi connectivity index (χ1n) is 15.2. The highest BCUT2D eigenvalue weighted by Crippen LogP contribution is 2.23. The highest BCUT2D eigenvalue weighted by molar-refractivity contribution is 7.14. The molecule has 2 heterocycles. The number of carbonyl (C=O) groups excluding carboxylic acids is 6.